The summed E-state index contributed by atoms with van der Waals surface area (Å²) in [6.45, 7) is 0.197. The molecule has 0 atom stereocenters. The summed E-state index contributed by atoms with van der Waals surface area (Å²) in [5, 5.41) is 11.6. The molecule has 0 heterocycles. The van der Waals surface area contributed by atoms with Crippen LogP contribution in [0, 0.1) is 5.82 Å². The lowest BCUT2D eigenvalue weighted by atomic mass is 10.1. The Morgan fingerprint density at radius 1 is 1.46 bits per heavy atom. The fourth-order valence-electron chi connectivity index (χ4n) is 0.949. The third-order valence-electron chi connectivity index (χ3n) is 1.58. The number of methoxy groups -OCH3 is 1. The summed E-state index contributed by atoms with van der Waals surface area (Å²) in [5.74, 6) is -0.321. The van der Waals surface area contributed by atoms with Crippen molar-refractivity contribution in [2.45, 2.75) is 0 Å². The molecule has 0 aromatic heterocycles. The van der Waals surface area contributed by atoms with E-state index >= 15 is 0 Å². The van der Waals surface area contributed by atoms with E-state index in [1.807, 2.05) is 0 Å². The first-order valence-electron chi connectivity index (χ1n) is 3.73. The first-order chi connectivity index (χ1) is 6.27. The minimum atomic E-state index is -0.321. The van der Waals surface area contributed by atoms with Crippen LogP contribution in [-0.4, -0.2) is 24.6 Å². The summed E-state index contributed by atoms with van der Waals surface area (Å²) < 4.78 is 17.3. The van der Waals surface area contributed by atoms with Gasteiger partial charge in [0.15, 0.2) is 0 Å². The Hall–Kier alpha value is -1.42. The molecule has 0 aliphatic carbocycles. The summed E-state index contributed by atoms with van der Waals surface area (Å²) in [4.78, 5) is 0. The maximum atomic E-state index is 12.5. The molecule has 0 aliphatic rings. The predicted octanol–water partition coefficient (Wildman–Crippen LogP) is 1.65. The van der Waals surface area contributed by atoms with Gasteiger partial charge in [0.1, 0.15) is 11.5 Å². The molecule has 1 rings (SSSR count). The second-order valence-corrected chi connectivity index (χ2v) is 2.49. The molecule has 0 saturated heterocycles. The Bertz CT molecular complexity index is 295. The zero-order chi connectivity index (χ0) is 9.68. The van der Waals surface area contributed by atoms with E-state index < -0.39 is 0 Å². The SMILES string of the molecule is COC/C(=N\O)c1ccc(F)cc1. The minimum Gasteiger partial charge on any atom is -0.411 e. The molecule has 1 aromatic carbocycles. The van der Waals surface area contributed by atoms with E-state index in [1.54, 1.807) is 0 Å². The van der Waals surface area contributed by atoms with Crippen molar-refractivity contribution >= 4 is 5.71 Å². The molecule has 0 spiro atoms. The Morgan fingerprint density at radius 2 is 2.08 bits per heavy atom. The van der Waals surface area contributed by atoms with Gasteiger partial charge in [0, 0.05) is 12.7 Å². The molecule has 0 fully saturated rings. The van der Waals surface area contributed by atoms with E-state index in [2.05, 4.69) is 5.16 Å². The molecule has 0 bridgehead atoms. The molecule has 0 aliphatic heterocycles. The van der Waals surface area contributed by atoms with Crippen LogP contribution in [0.1, 0.15) is 5.56 Å². The second kappa shape index (κ2) is 4.57. The quantitative estimate of drug-likeness (QED) is 0.440. The molecular weight excluding hydrogens is 173 g/mol. The third kappa shape index (κ3) is 2.52. The van der Waals surface area contributed by atoms with E-state index in [4.69, 9.17) is 9.94 Å². The first-order valence-corrected chi connectivity index (χ1v) is 3.73. The van der Waals surface area contributed by atoms with Gasteiger partial charge >= 0.3 is 0 Å². The van der Waals surface area contributed by atoms with Crippen LogP contribution in [0.5, 0.6) is 0 Å². The molecule has 1 N–H and O–H groups in total. The predicted molar refractivity (Wildman–Crippen MR) is 46.6 cm³/mol. The number of rotatable bonds is 3. The molecule has 3 nitrogen and oxygen atoms in total. The molecule has 0 radical (unpaired) electrons. The monoisotopic (exact) mass is 183 g/mol. The third-order valence-corrected chi connectivity index (χ3v) is 1.58. The number of nitrogens with zero attached hydrogens (tertiary/aromatic N) is 1. The van der Waals surface area contributed by atoms with Crippen molar-refractivity contribution in [3.05, 3.63) is 35.6 Å². The van der Waals surface area contributed by atoms with E-state index in [0.29, 0.717) is 11.3 Å². The fourth-order valence-corrected chi connectivity index (χ4v) is 0.949. The molecule has 13 heavy (non-hydrogen) atoms. The molecule has 0 unspecified atom stereocenters. The Labute approximate surface area is 75.4 Å². The highest BCUT2D eigenvalue weighted by atomic mass is 19.1. The smallest absolute Gasteiger partial charge is 0.123 e. The zero-order valence-electron chi connectivity index (χ0n) is 7.20. The number of hydrogen-bond donors (Lipinski definition) is 1. The normalized spacial score (nSPS) is 11.7. The highest BCUT2D eigenvalue weighted by Gasteiger charge is 2.03. The number of benzene rings is 1. The number of oxime groups is 1. The van der Waals surface area contributed by atoms with Gasteiger partial charge in [0.2, 0.25) is 0 Å². The average Bonchev–Trinajstić information content (AvgIpc) is 2.16. The van der Waals surface area contributed by atoms with Crippen molar-refractivity contribution in [1.82, 2.24) is 0 Å². The van der Waals surface area contributed by atoms with Crippen molar-refractivity contribution in [3.63, 3.8) is 0 Å². The summed E-state index contributed by atoms with van der Waals surface area (Å²) in [6, 6.07) is 5.67. The van der Waals surface area contributed by atoms with Crippen LogP contribution in [0.25, 0.3) is 0 Å². The lowest BCUT2D eigenvalue weighted by molar-refractivity contribution is 0.238. The van der Waals surface area contributed by atoms with Crippen LogP contribution in [0.15, 0.2) is 29.4 Å². The zero-order valence-corrected chi connectivity index (χ0v) is 7.20. The molecule has 4 heteroatoms. The van der Waals surface area contributed by atoms with Gasteiger partial charge < -0.3 is 9.94 Å². The highest BCUT2D eigenvalue weighted by molar-refractivity contribution is 6.01. The van der Waals surface area contributed by atoms with Gasteiger partial charge in [-0.15, -0.1) is 0 Å². The van der Waals surface area contributed by atoms with Gasteiger partial charge in [-0.3, -0.25) is 0 Å². The van der Waals surface area contributed by atoms with Gasteiger partial charge in [-0.1, -0.05) is 17.3 Å². The van der Waals surface area contributed by atoms with Crippen molar-refractivity contribution in [1.29, 1.82) is 0 Å². The maximum Gasteiger partial charge on any atom is 0.123 e. The summed E-state index contributed by atoms with van der Waals surface area (Å²) in [5.41, 5.74) is 1.02. The van der Waals surface area contributed by atoms with Gasteiger partial charge in [0.25, 0.3) is 0 Å². The van der Waals surface area contributed by atoms with Gasteiger partial charge in [-0.2, -0.15) is 0 Å². The lowest BCUT2D eigenvalue weighted by Gasteiger charge is -2.02. The van der Waals surface area contributed by atoms with Crippen molar-refractivity contribution in [2.75, 3.05) is 13.7 Å². The maximum absolute atomic E-state index is 12.5. The largest absolute Gasteiger partial charge is 0.411 e. The van der Waals surface area contributed by atoms with Gasteiger partial charge in [0.05, 0.1) is 6.61 Å². The van der Waals surface area contributed by atoms with Crippen molar-refractivity contribution in [2.24, 2.45) is 5.16 Å². The molecule has 70 valence electrons. The number of hydrogen-bond acceptors (Lipinski definition) is 3. The molecule has 0 amide bonds. The van der Waals surface area contributed by atoms with Gasteiger partial charge in [-0.25, -0.2) is 4.39 Å². The Morgan fingerprint density at radius 3 is 2.54 bits per heavy atom. The molecule has 1 aromatic rings. The summed E-state index contributed by atoms with van der Waals surface area (Å²) in [6.07, 6.45) is 0. The van der Waals surface area contributed by atoms with E-state index in [-0.39, 0.29) is 12.4 Å². The average molecular weight is 183 g/mol. The van der Waals surface area contributed by atoms with E-state index in [0.717, 1.165) is 0 Å². The standard InChI is InChI=1S/C9H10FNO2/c1-13-6-9(11-12)7-2-4-8(10)5-3-7/h2-5,12H,6H2,1H3/b11-9+. The van der Waals surface area contributed by atoms with Gasteiger partial charge in [-0.05, 0) is 12.1 Å². The van der Waals surface area contributed by atoms with Crippen molar-refractivity contribution < 1.29 is 14.3 Å². The number of ether oxygens (including phenoxy) is 1. The highest BCUT2D eigenvalue weighted by Crippen LogP contribution is 2.04. The van der Waals surface area contributed by atoms with Crippen LogP contribution in [0.3, 0.4) is 0 Å². The van der Waals surface area contributed by atoms with Crippen LogP contribution in [0.4, 0.5) is 4.39 Å². The van der Waals surface area contributed by atoms with Crippen LogP contribution in [0.2, 0.25) is 0 Å². The van der Waals surface area contributed by atoms with E-state index in [9.17, 15) is 4.39 Å². The van der Waals surface area contributed by atoms with E-state index in [1.165, 1.54) is 31.4 Å². The number of halogens is 1. The lowest BCUT2D eigenvalue weighted by Crippen LogP contribution is -2.08. The van der Waals surface area contributed by atoms with Crippen LogP contribution < -0.4 is 0 Å². The first kappa shape index (κ1) is 9.67. The molecular formula is C9H10FNO2. The Balaban J connectivity index is 2.87. The van der Waals surface area contributed by atoms with Crippen LogP contribution >= 0.6 is 0 Å². The Kier molecular flexibility index (Phi) is 3.40. The summed E-state index contributed by atoms with van der Waals surface area (Å²) >= 11 is 0. The minimum absolute atomic E-state index is 0.197. The second-order valence-electron chi connectivity index (χ2n) is 2.49. The fraction of sp³-hybridized carbons (Fsp3) is 0.222. The summed E-state index contributed by atoms with van der Waals surface area (Å²) in [7, 11) is 1.49. The topological polar surface area (TPSA) is 41.8 Å². The molecule has 0 saturated carbocycles. The van der Waals surface area contributed by atoms with Crippen LogP contribution in [-0.2, 0) is 4.74 Å². The van der Waals surface area contributed by atoms with Crippen molar-refractivity contribution in [3.8, 4) is 0 Å².